The zero-order valence-corrected chi connectivity index (χ0v) is 15.3. The maximum Gasteiger partial charge on any atom is 0.312 e. The first-order valence-electron chi connectivity index (χ1n) is 9.09. The van der Waals surface area contributed by atoms with Crippen molar-refractivity contribution in [2.24, 2.45) is 17.8 Å². The SMILES string of the molecule is O=C(N[C@@H]1C[C@H]1c1ccc(Br)c(F)c1)C(=O)N1CC2C3CCC(C3)C21. The molecule has 3 aliphatic carbocycles. The van der Waals surface area contributed by atoms with Crippen LogP contribution in [0.15, 0.2) is 22.7 Å². The first-order chi connectivity index (χ1) is 12.0. The summed E-state index contributed by atoms with van der Waals surface area (Å²) in [5, 5.41) is 2.85. The fourth-order valence-corrected chi connectivity index (χ4v) is 5.63. The molecule has 4 nitrogen and oxygen atoms in total. The third-order valence-corrected chi connectivity index (χ3v) is 7.39. The molecular formula is C19H20BrFN2O2. The Balaban J connectivity index is 1.19. The monoisotopic (exact) mass is 406 g/mol. The van der Waals surface area contributed by atoms with E-state index in [0.29, 0.717) is 22.4 Å². The quantitative estimate of drug-likeness (QED) is 0.767. The summed E-state index contributed by atoms with van der Waals surface area (Å²) in [4.78, 5) is 26.6. The van der Waals surface area contributed by atoms with Gasteiger partial charge in [-0.1, -0.05) is 6.07 Å². The van der Waals surface area contributed by atoms with E-state index < -0.39 is 5.91 Å². The van der Waals surface area contributed by atoms with Gasteiger partial charge in [-0.05, 0) is 71.1 Å². The van der Waals surface area contributed by atoms with Crippen LogP contribution in [0, 0.1) is 23.6 Å². The van der Waals surface area contributed by atoms with E-state index in [2.05, 4.69) is 21.2 Å². The van der Waals surface area contributed by atoms with Crippen molar-refractivity contribution in [3.8, 4) is 0 Å². The lowest BCUT2D eigenvalue weighted by Gasteiger charge is -2.50. The number of halogens is 2. The molecule has 3 saturated carbocycles. The molecule has 4 unspecified atom stereocenters. The molecule has 1 aliphatic heterocycles. The van der Waals surface area contributed by atoms with Crippen molar-refractivity contribution < 1.29 is 14.0 Å². The zero-order valence-electron chi connectivity index (χ0n) is 13.8. The zero-order chi connectivity index (χ0) is 17.3. The van der Waals surface area contributed by atoms with Gasteiger partial charge in [-0.2, -0.15) is 0 Å². The van der Waals surface area contributed by atoms with Gasteiger partial charge < -0.3 is 10.2 Å². The standard InChI is InChI=1S/C19H20BrFN2O2/c20-14-4-3-10(6-15(14)21)12-7-16(12)22-18(24)19(25)23-8-13-9-1-2-11(5-9)17(13)23/h3-4,6,9,11-13,16-17H,1-2,5,7-8H2,(H,22,24)/t9?,11?,12-,13?,16+,17?/m0/s1. The van der Waals surface area contributed by atoms with Crippen LogP contribution >= 0.6 is 15.9 Å². The highest BCUT2D eigenvalue weighted by atomic mass is 79.9. The van der Waals surface area contributed by atoms with E-state index in [0.717, 1.165) is 24.4 Å². The van der Waals surface area contributed by atoms with Crippen LogP contribution in [-0.4, -0.2) is 35.3 Å². The molecule has 25 heavy (non-hydrogen) atoms. The third-order valence-electron chi connectivity index (χ3n) is 6.74. The highest BCUT2D eigenvalue weighted by Gasteiger charge is 2.58. The topological polar surface area (TPSA) is 49.4 Å². The van der Waals surface area contributed by atoms with Gasteiger partial charge in [-0.3, -0.25) is 9.59 Å². The summed E-state index contributed by atoms with van der Waals surface area (Å²) in [6, 6.07) is 5.29. The smallest absolute Gasteiger partial charge is 0.312 e. The average molecular weight is 407 g/mol. The Labute approximate surface area is 154 Å². The Morgan fingerprint density at radius 2 is 2.00 bits per heavy atom. The summed E-state index contributed by atoms with van der Waals surface area (Å²) in [7, 11) is 0. The van der Waals surface area contributed by atoms with Crippen LogP contribution < -0.4 is 5.32 Å². The number of nitrogens with one attached hydrogen (secondary N) is 1. The Kier molecular flexibility index (Phi) is 3.50. The van der Waals surface area contributed by atoms with Crippen molar-refractivity contribution in [3.63, 3.8) is 0 Å². The van der Waals surface area contributed by atoms with Crippen molar-refractivity contribution in [1.82, 2.24) is 10.2 Å². The summed E-state index contributed by atoms with van der Waals surface area (Å²) < 4.78 is 14.1. The van der Waals surface area contributed by atoms with Crippen LogP contribution in [0.2, 0.25) is 0 Å². The molecule has 0 spiro atoms. The van der Waals surface area contributed by atoms with Crippen LogP contribution in [0.5, 0.6) is 0 Å². The maximum atomic E-state index is 13.6. The Morgan fingerprint density at radius 3 is 2.76 bits per heavy atom. The van der Waals surface area contributed by atoms with E-state index in [-0.39, 0.29) is 23.7 Å². The summed E-state index contributed by atoms with van der Waals surface area (Å²) in [6.07, 6.45) is 4.50. The molecule has 2 bridgehead atoms. The molecule has 1 aromatic rings. The number of fused-ring (bicyclic) bond motifs is 5. The van der Waals surface area contributed by atoms with Gasteiger partial charge in [-0.15, -0.1) is 0 Å². The first kappa shape index (κ1) is 15.8. The summed E-state index contributed by atoms with van der Waals surface area (Å²) >= 11 is 3.14. The molecule has 5 rings (SSSR count). The highest BCUT2D eigenvalue weighted by molar-refractivity contribution is 9.10. The molecule has 1 aromatic carbocycles. The lowest BCUT2D eigenvalue weighted by molar-refractivity contribution is -0.156. The van der Waals surface area contributed by atoms with E-state index in [9.17, 15) is 14.0 Å². The molecule has 1 heterocycles. The van der Waals surface area contributed by atoms with Crippen molar-refractivity contribution in [2.75, 3.05) is 6.54 Å². The maximum absolute atomic E-state index is 13.6. The number of carbonyl (C=O) groups excluding carboxylic acids is 2. The molecule has 0 aromatic heterocycles. The average Bonchev–Trinajstić information content (AvgIpc) is 3.08. The van der Waals surface area contributed by atoms with E-state index >= 15 is 0 Å². The van der Waals surface area contributed by atoms with E-state index in [1.807, 2.05) is 6.07 Å². The van der Waals surface area contributed by atoms with Crippen molar-refractivity contribution in [3.05, 3.63) is 34.1 Å². The minimum Gasteiger partial charge on any atom is -0.344 e. The van der Waals surface area contributed by atoms with Gasteiger partial charge in [0.2, 0.25) is 0 Å². The summed E-state index contributed by atoms with van der Waals surface area (Å²) in [5.41, 5.74) is 0.871. The van der Waals surface area contributed by atoms with Gasteiger partial charge in [0.1, 0.15) is 5.82 Å². The lowest BCUT2D eigenvalue weighted by atomic mass is 9.77. The predicted molar refractivity (Wildman–Crippen MR) is 93.2 cm³/mol. The van der Waals surface area contributed by atoms with Gasteiger partial charge in [-0.25, -0.2) is 4.39 Å². The Hall–Kier alpha value is -1.43. The van der Waals surface area contributed by atoms with E-state index in [1.165, 1.54) is 25.3 Å². The summed E-state index contributed by atoms with van der Waals surface area (Å²) in [6.45, 7) is 0.754. The number of amides is 2. The van der Waals surface area contributed by atoms with Gasteiger partial charge in [0, 0.05) is 30.5 Å². The molecule has 6 atom stereocenters. The second-order valence-corrected chi connectivity index (χ2v) is 8.90. The number of benzene rings is 1. The van der Waals surface area contributed by atoms with E-state index in [4.69, 9.17) is 0 Å². The Morgan fingerprint density at radius 1 is 1.20 bits per heavy atom. The molecular weight excluding hydrogens is 387 g/mol. The number of likely N-dealkylation sites (tertiary alicyclic amines) is 1. The first-order valence-corrected chi connectivity index (χ1v) is 9.88. The lowest BCUT2D eigenvalue weighted by Crippen LogP contribution is -2.63. The number of carbonyl (C=O) groups is 2. The number of hydrogen-bond acceptors (Lipinski definition) is 2. The fraction of sp³-hybridized carbons (Fsp3) is 0.579. The minimum atomic E-state index is -0.494. The molecule has 6 heteroatoms. The second kappa shape index (κ2) is 5.53. The van der Waals surface area contributed by atoms with Crippen LogP contribution in [0.1, 0.15) is 37.2 Å². The number of hydrogen-bond donors (Lipinski definition) is 1. The normalized spacial score (nSPS) is 37.4. The van der Waals surface area contributed by atoms with Crippen molar-refractivity contribution >= 4 is 27.7 Å². The minimum absolute atomic E-state index is 0.0610. The van der Waals surface area contributed by atoms with E-state index in [1.54, 1.807) is 11.0 Å². The highest BCUT2D eigenvalue weighted by Crippen LogP contribution is 2.55. The molecule has 0 radical (unpaired) electrons. The predicted octanol–water partition coefficient (Wildman–Crippen LogP) is 2.82. The van der Waals surface area contributed by atoms with Crippen LogP contribution in [0.4, 0.5) is 4.39 Å². The molecule has 4 fully saturated rings. The van der Waals surface area contributed by atoms with Crippen LogP contribution in [-0.2, 0) is 9.59 Å². The van der Waals surface area contributed by atoms with Crippen LogP contribution in [0.3, 0.4) is 0 Å². The Bertz CT molecular complexity index is 768. The summed E-state index contributed by atoms with van der Waals surface area (Å²) in [5.74, 6) is 0.962. The van der Waals surface area contributed by atoms with Gasteiger partial charge >= 0.3 is 11.8 Å². The number of rotatable bonds is 2. The molecule has 1 saturated heterocycles. The van der Waals surface area contributed by atoms with Crippen molar-refractivity contribution in [2.45, 2.75) is 43.7 Å². The molecule has 2 amide bonds. The van der Waals surface area contributed by atoms with Crippen molar-refractivity contribution in [1.29, 1.82) is 0 Å². The number of nitrogens with zero attached hydrogens (tertiary/aromatic N) is 1. The molecule has 1 N–H and O–H groups in total. The second-order valence-electron chi connectivity index (χ2n) is 8.04. The molecule has 4 aliphatic rings. The fourth-order valence-electron chi connectivity index (χ4n) is 5.38. The third kappa shape index (κ3) is 2.44. The van der Waals surface area contributed by atoms with Gasteiger partial charge in [0.05, 0.1) is 4.47 Å². The van der Waals surface area contributed by atoms with Crippen LogP contribution in [0.25, 0.3) is 0 Å². The van der Waals surface area contributed by atoms with Gasteiger partial charge in [0.25, 0.3) is 0 Å². The van der Waals surface area contributed by atoms with Gasteiger partial charge in [0.15, 0.2) is 0 Å². The largest absolute Gasteiger partial charge is 0.344 e. The molecule has 132 valence electrons.